The average Bonchev–Trinajstić information content (AvgIpc) is 3.04. The van der Waals surface area contributed by atoms with E-state index >= 15 is 0 Å². The zero-order valence-corrected chi connectivity index (χ0v) is 13.8. The van der Waals surface area contributed by atoms with Crippen molar-refractivity contribution < 1.29 is 31.9 Å². The first-order valence-corrected chi connectivity index (χ1v) is 7.46. The van der Waals surface area contributed by atoms with Crippen LogP contribution in [0.5, 0.6) is 11.5 Å². The van der Waals surface area contributed by atoms with Gasteiger partial charge in [-0.25, -0.2) is 0 Å². The molecular weight excluding hydrogens is 351 g/mol. The van der Waals surface area contributed by atoms with Crippen LogP contribution in [0, 0.1) is 0 Å². The number of carbonyl (C=O) groups is 1. The molecule has 0 bridgehead atoms. The van der Waals surface area contributed by atoms with E-state index in [1.807, 2.05) is 0 Å². The number of amides is 1. The van der Waals surface area contributed by atoms with E-state index in [9.17, 15) is 18.0 Å². The third kappa shape index (κ3) is 3.44. The molecule has 3 aromatic rings. The van der Waals surface area contributed by atoms with Gasteiger partial charge >= 0.3 is 6.18 Å². The van der Waals surface area contributed by atoms with Crippen molar-refractivity contribution in [2.75, 3.05) is 19.5 Å². The lowest BCUT2D eigenvalue weighted by Gasteiger charge is -2.10. The number of nitrogens with one attached hydrogen (secondary N) is 1. The molecule has 2 aromatic carbocycles. The highest BCUT2D eigenvalue weighted by Gasteiger charge is 2.31. The summed E-state index contributed by atoms with van der Waals surface area (Å²) in [6, 6.07) is 9.08. The van der Waals surface area contributed by atoms with Gasteiger partial charge in [0.2, 0.25) is 0 Å². The molecule has 136 valence electrons. The van der Waals surface area contributed by atoms with Crippen molar-refractivity contribution in [3.8, 4) is 11.5 Å². The molecule has 0 spiro atoms. The molecule has 0 radical (unpaired) electrons. The minimum Gasteiger partial charge on any atom is -0.497 e. The van der Waals surface area contributed by atoms with Crippen LogP contribution in [0.25, 0.3) is 11.0 Å². The van der Waals surface area contributed by atoms with Crippen molar-refractivity contribution in [3.63, 3.8) is 0 Å². The van der Waals surface area contributed by atoms with Gasteiger partial charge in [-0.3, -0.25) is 4.79 Å². The fourth-order valence-electron chi connectivity index (χ4n) is 2.42. The molecule has 26 heavy (non-hydrogen) atoms. The van der Waals surface area contributed by atoms with Crippen LogP contribution in [0.4, 0.5) is 18.9 Å². The largest absolute Gasteiger partial charge is 0.497 e. The molecular formula is C18H14F3NO4. The van der Waals surface area contributed by atoms with Crippen molar-refractivity contribution in [1.82, 2.24) is 0 Å². The Morgan fingerprint density at radius 1 is 1.04 bits per heavy atom. The first-order valence-electron chi connectivity index (χ1n) is 7.46. The lowest BCUT2D eigenvalue weighted by atomic mass is 10.1. The van der Waals surface area contributed by atoms with E-state index in [0.29, 0.717) is 17.2 Å². The summed E-state index contributed by atoms with van der Waals surface area (Å²) >= 11 is 0. The SMILES string of the molecule is COc1ccc(NC(=O)c2cc3cc(C(F)(F)F)ccc3o2)c(OC)c1. The molecule has 0 unspecified atom stereocenters. The van der Waals surface area contributed by atoms with Crippen LogP contribution in [-0.4, -0.2) is 20.1 Å². The Balaban J connectivity index is 1.88. The monoisotopic (exact) mass is 365 g/mol. The van der Waals surface area contributed by atoms with Crippen molar-refractivity contribution >= 4 is 22.6 Å². The Bertz CT molecular complexity index is 963. The van der Waals surface area contributed by atoms with E-state index < -0.39 is 17.6 Å². The first-order chi connectivity index (χ1) is 12.3. The number of anilines is 1. The van der Waals surface area contributed by atoms with E-state index in [-0.39, 0.29) is 16.7 Å². The van der Waals surface area contributed by atoms with Gasteiger partial charge in [0.25, 0.3) is 5.91 Å². The fourth-order valence-corrected chi connectivity index (χ4v) is 2.42. The number of hydrogen-bond acceptors (Lipinski definition) is 4. The van der Waals surface area contributed by atoms with E-state index in [4.69, 9.17) is 13.9 Å². The van der Waals surface area contributed by atoms with Gasteiger partial charge in [0.05, 0.1) is 25.5 Å². The molecule has 3 rings (SSSR count). The molecule has 0 fully saturated rings. The third-order valence-electron chi connectivity index (χ3n) is 3.72. The molecule has 0 saturated heterocycles. The number of halogens is 3. The summed E-state index contributed by atoms with van der Waals surface area (Å²) in [5.74, 6) is 0.187. The Morgan fingerprint density at radius 3 is 2.46 bits per heavy atom. The van der Waals surface area contributed by atoms with Gasteiger partial charge in [-0.05, 0) is 36.4 Å². The maximum atomic E-state index is 12.8. The molecule has 0 aliphatic carbocycles. The number of alkyl halides is 3. The molecule has 1 aromatic heterocycles. The van der Waals surface area contributed by atoms with Gasteiger partial charge in [0, 0.05) is 11.5 Å². The lowest BCUT2D eigenvalue weighted by molar-refractivity contribution is -0.137. The third-order valence-corrected chi connectivity index (χ3v) is 3.72. The number of hydrogen-bond donors (Lipinski definition) is 1. The summed E-state index contributed by atoms with van der Waals surface area (Å²) in [4.78, 5) is 12.4. The molecule has 1 heterocycles. The van der Waals surface area contributed by atoms with Crippen molar-refractivity contribution in [3.05, 3.63) is 53.8 Å². The summed E-state index contributed by atoms with van der Waals surface area (Å²) in [5.41, 5.74) is -0.255. The zero-order chi connectivity index (χ0) is 18.9. The van der Waals surface area contributed by atoms with Crippen molar-refractivity contribution in [2.24, 2.45) is 0 Å². The number of fused-ring (bicyclic) bond motifs is 1. The Hall–Kier alpha value is -3.16. The quantitative estimate of drug-likeness (QED) is 0.727. The Morgan fingerprint density at radius 2 is 1.81 bits per heavy atom. The van der Waals surface area contributed by atoms with E-state index in [1.165, 1.54) is 26.4 Å². The Kier molecular flexibility index (Phi) is 4.50. The van der Waals surface area contributed by atoms with Crippen LogP contribution in [0.1, 0.15) is 16.1 Å². The summed E-state index contributed by atoms with van der Waals surface area (Å²) < 4.78 is 53.9. The maximum Gasteiger partial charge on any atom is 0.416 e. The average molecular weight is 365 g/mol. The molecule has 1 N–H and O–H groups in total. The predicted octanol–water partition coefficient (Wildman–Crippen LogP) is 4.72. The maximum absolute atomic E-state index is 12.8. The molecule has 1 amide bonds. The standard InChI is InChI=1S/C18H14F3NO4/c1-24-12-4-5-13(15(9-12)25-2)22-17(23)16-8-10-7-11(18(19,20)21)3-6-14(10)26-16/h3-9H,1-2H3,(H,22,23). The summed E-state index contributed by atoms with van der Waals surface area (Å²) in [7, 11) is 2.93. The van der Waals surface area contributed by atoms with Crippen molar-refractivity contribution in [2.45, 2.75) is 6.18 Å². The highest BCUT2D eigenvalue weighted by molar-refractivity contribution is 6.05. The van der Waals surface area contributed by atoms with Crippen LogP contribution in [0.15, 0.2) is 46.9 Å². The summed E-state index contributed by atoms with van der Waals surface area (Å²) in [6.07, 6.45) is -4.47. The number of carbonyl (C=O) groups excluding carboxylic acids is 1. The van der Waals surface area contributed by atoms with Gasteiger partial charge in [0.15, 0.2) is 5.76 Å². The highest BCUT2D eigenvalue weighted by Crippen LogP contribution is 2.33. The fraction of sp³-hybridized carbons (Fsp3) is 0.167. The van der Waals surface area contributed by atoms with Crippen LogP contribution in [-0.2, 0) is 6.18 Å². The van der Waals surface area contributed by atoms with Crippen LogP contribution in [0.3, 0.4) is 0 Å². The number of rotatable bonds is 4. The number of methoxy groups -OCH3 is 2. The van der Waals surface area contributed by atoms with E-state index in [0.717, 1.165) is 12.1 Å². The zero-order valence-electron chi connectivity index (χ0n) is 13.8. The molecule has 5 nitrogen and oxygen atoms in total. The number of furan rings is 1. The van der Waals surface area contributed by atoms with Gasteiger partial charge in [-0.15, -0.1) is 0 Å². The summed E-state index contributed by atoms with van der Waals surface area (Å²) in [5, 5.41) is 2.79. The molecule has 0 saturated carbocycles. The summed E-state index contributed by atoms with van der Waals surface area (Å²) in [6.45, 7) is 0. The molecule has 8 heteroatoms. The van der Waals surface area contributed by atoms with Crippen LogP contribution in [0.2, 0.25) is 0 Å². The normalized spacial score (nSPS) is 11.4. The van der Waals surface area contributed by atoms with Crippen molar-refractivity contribution in [1.29, 1.82) is 0 Å². The second-order valence-electron chi connectivity index (χ2n) is 5.38. The minimum atomic E-state index is -4.47. The smallest absolute Gasteiger partial charge is 0.416 e. The van der Waals surface area contributed by atoms with Gasteiger partial charge in [0.1, 0.15) is 17.1 Å². The second kappa shape index (κ2) is 6.62. The highest BCUT2D eigenvalue weighted by atomic mass is 19.4. The molecule has 0 atom stereocenters. The lowest BCUT2D eigenvalue weighted by Crippen LogP contribution is -2.11. The van der Waals surface area contributed by atoms with Gasteiger partial charge in [-0.1, -0.05) is 0 Å². The minimum absolute atomic E-state index is 0.114. The van der Waals surface area contributed by atoms with E-state index in [2.05, 4.69) is 5.32 Å². The second-order valence-corrected chi connectivity index (χ2v) is 5.38. The number of benzene rings is 2. The topological polar surface area (TPSA) is 60.7 Å². The van der Waals surface area contributed by atoms with Gasteiger partial charge < -0.3 is 19.2 Å². The van der Waals surface area contributed by atoms with Crippen LogP contribution < -0.4 is 14.8 Å². The first kappa shape index (κ1) is 17.7. The predicted molar refractivity (Wildman–Crippen MR) is 88.7 cm³/mol. The number of ether oxygens (including phenoxy) is 2. The van der Waals surface area contributed by atoms with E-state index in [1.54, 1.807) is 18.2 Å². The molecule has 0 aliphatic heterocycles. The Labute approximate surface area is 146 Å². The van der Waals surface area contributed by atoms with Crippen LogP contribution >= 0.6 is 0 Å². The van der Waals surface area contributed by atoms with Gasteiger partial charge in [-0.2, -0.15) is 13.2 Å². The molecule has 0 aliphatic rings.